The van der Waals surface area contributed by atoms with Crippen LogP contribution in [0.1, 0.15) is 36.0 Å². The maximum Gasteiger partial charge on any atom is 0.253 e. The van der Waals surface area contributed by atoms with E-state index in [1.54, 1.807) is 18.5 Å². The molecule has 2 aromatic rings. The van der Waals surface area contributed by atoms with Crippen LogP contribution in [0.15, 0.2) is 30.6 Å². The Kier molecular flexibility index (Phi) is 5.43. The van der Waals surface area contributed by atoms with E-state index >= 15 is 0 Å². The predicted octanol–water partition coefficient (Wildman–Crippen LogP) is 1.88. The molecule has 0 radical (unpaired) electrons. The van der Waals surface area contributed by atoms with E-state index in [1.165, 1.54) is 0 Å². The zero-order valence-corrected chi connectivity index (χ0v) is 11.5. The van der Waals surface area contributed by atoms with Crippen LogP contribution in [0.4, 0.5) is 0 Å². The van der Waals surface area contributed by atoms with Crippen LogP contribution in [0.3, 0.4) is 0 Å². The molecule has 0 unspecified atom stereocenters. The van der Waals surface area contributed by atoms with Crippen LogP contribution in [0, 0.1) is 0 Å². The van der Waals surface area contributed by atoms with Gasteiger partial charge < -0.3 is 11.1 Å². The highest BCUT2D eigenvalue weighted by Crippen LogP contribution is 2.13. The lowest BCUT2D eigenvalue weighted by Crippen LogP contribution is -2.24. The number of nitrogens with zero attached hydrogens (tertiary/aromatic N) is 2. The van der Waals surface area contributed by atoms with Crippen LogP contribution in [0.25, 0.3) is 11.0 Å². The number of benzene rings is 1. The highest BCUT2D eigenvalue weighted by molar-refractivity contribution is 6.04. The van der Waals surface area contributed by atoms with Gasteiger partial charge in [0.1, 0.15) is 5.52 Å². The third kappa shape index (κ3) is 3.74. The van der Waals surface area contributed by atoms with Crippen molar-refractivity contribution in [2.75, 3.05) is 13.1 Å². The van der Waals surface area contributed by atoms with Crippen molar-refractivity contribution in [2.45, 2.75) is 25.7 Å². The van der Waals surface area contributed by atoms with E-state index in [4.69, 9.17) is 5.73 Å². The smallest absolute Gasteiger partial charge is 0.253 e. The van der Waals surface area contributed by atoms with Crippen LogP contribution in [-0.4, -0.2) is 29.0 Å². The Bertz CT molecular complexity index is 565. The highest BCUT2D eigenvalue weighted by atomic mass is 16.1. The first-order valence-corrected chi connectivity index (χ1v) is 7.01. The Morgan fingerprint density at radius 3 is 2.75 bits per heavy atom. The van der Waals surface area contributed by atoms with Gasteiger partial charge >= 0.3 is 0 Å². The van der Waals surface area contributed by atoms with Crippen LogP contribution < -0.4 is 11.1 Å². The molecule has 3 N–H and O–H groups in total. The van der Waals surface area contributed by atoms with Crippen molar-refractivity contribution < 1.29 is 4.79 Å². The molecule has 1 aromatic heterocycles. The summed E-state index contributed by atoms with van der Waals surface area (Å²) < 4.78 is 0. The van der Waals surface area contributed by atoms with E-state index in [1.807, 2.05) is 12.1 Å². The summed E-state index contributed by atoms with van der Waals surface area (Å²) in [4.78, 5) is 20.6. The molecule has 106 valence electrons. The predicted molar refractivity (Wildman–Crippen MR) is 79.4 cm³/mol. The molecule has 1 heterocycles. The lowest BCUT2D eigenvalue weighted by Gasteiger charge is -2.07. The highest BCUT2D eigenvalue weighted by Gasteiger charge is 2.10. The fourth-order valence-corrected chi connectivity index (χ4v) is 2.10. The number of hydrogen-bond acceptors (Lipinski definition) is 4. The first kappa shape index (κ1) is 14.4. The molecule has 0 fully saturated rings. The number of rotatable bonds is 7. The second-order valence-corrected chi connectivity index (χ2v) is 4.69. The molecule has 0 atom stereocenters. The summed E-state index contributed by atoms with van der Waals surface area (Å²) in [6.45, 7) is 1.42. The van der Waals surface area contributed by atoms with E-state index in [-0.39, 0.29) is 5.91 Å². The topological polar surface area (TPSA) is 80.9 Å². The molecule has 20 heavy (non-hydrogen) atoms. The standard InChI is InChI=1S/C15H20N4O/c16-8-3-1-2-4-9-19-15(20)12-6-5-7-13-14(12)18-11-10-17-13/h5-7,10-11H,1-4,8-9,16H2,(H,19,20). The number of para-hydroxylation sites is 1. The van der Waals surface area contributed by atoms with Crippen molar-refractivity contribution in [3.63, 3.8) is 0 Å². The molecule has 2 rings (SSSR count). The molecule has 1 aromatic carbocycles. The first-order chi connectivity index (χ1) is 9.83. The van der Waals surface area contributed by atoms with Gasteiger partial charge in [-0.3, -0.25) is 14.8 Å². The number of carbonyl (C=O) groups is 1. The number of nitrogens with two attached hydrogens (primary N) is 1. The molecule has 0 aliphatic heterocycles. The van der Waals surface area contributed by atoms with Gasteiger partial charge in [0, 0.05) is 18.9 Å². The van der Waals surface area contributed by atoms with Gasteiger partial charge in [0.05, 0.1) is 11.1 Å². The third-order valence-corrected chi connectivity index (χ3v) is 3.16. The van der Waals surface area contributed by atoms with E-state index in [2.05, 4.69) is 15.3 Å². The number of hydrogen-bond donors (Lipinski definition) is 2. The minimum atomic E-state index is -0.0880. The van der Waals surface area contributed by atoms with Crippen LogP contribution in [-0.2, 0) is 0 Å². The molecule has 0 aliphatic carbocycles. The molecule has 0 saturated carbocycles. The number of amides is 1. The van der Waals surface area contributed by atoms with Crippen LogP contribution in [0.5, 0.6) is 0 Å². The van der Waals surface area contributed by atoms with Crippen LogP contribution in [0.2, 0.25) is 0 Å². The number of nitrogens with one attached hydrogen (secondary N) is 1. The summed E-state index contributed by atoms with van der Waals surface area (Å²) in [5.74, 6) is -0.0880. The molecule has 1 amide bonds. The van der Waals surface area contributed by atoms with Gasteiger partial charge in [0.2, 0.25) is 0 Å². The first-order valence-electron chi connectivity index (χ1n) is 7.01. The fraction of sp³-hybridized carbons (Fsp3) is 0.400. The Morgan fingerprint density at radius 1 is 1.10 bits per heavy atom. The maximum atomic E-state index is 12.1. The van der Waals surface area contributed by atoms with Crippen molar-refractivity contribution in [3.8, 4) is 0 Å². The summed E-state index contributed by atoms with van der Waals surface area (Å²) in [5, 5.41) is 2.93. The minimum absolute atomic E-state index is 0.0880. The lowest BCUT2D eigenvalue weighted by atomic mass is 10.1. The van der Waals surface area contributed by atoms with E-state index in [9.17, 15) is 4.79 Å². The second-order valence-electron chi connectivity index (χ2n) is 4.69. The van der Waals surface area contributed by atoms with Crippen molar-refractivity contribution in [1.82, 2.24) is 15.3 Å². The maximum absolute atomic E-state index is 12.1. The Morgan fingerprint density at radius 2 is 1.90 bits per heavy atom. The van der Waals surface area contributed by atoms with Gasteiger partial charge in [-0.1, -0.05) is 18.9 Å². The van der Waals surface area contributed by atoms with E-state index in [0.29, 0.717) is 17.6 Å². The van der Waals surface area contributed by atoms with Crippen molar-refractivity contribution >= 4 is 16.9 Å². The summed E-state index contributed by atoms with van der Waals surface area (Å²) in [6.07, 6.45) is 7.46. The van der Waals surface area contributed by atoms with Crippen LogP contribution >= 0.6 is 0 Å². The summed E-state index contributed by atoms with van der Waals surface area (Å²) in [7, 11) is 0. The quantitative estimate of drug-likeness (QED) is 0.754. The molecule has 5 heteroatoms. The summed E-state index contributed by atoms with van der Waals surface area (Å²) in [6, 6.07) is 5.46. The van der Waals surface area contributed by atoms with E-state index < -0.39 is 0 Å². The van der Waals surface area contributed by atoms with Crippen molar-refractivity contribution in [2.24, 2.45) is 5.73 Å². The Labute approximate surface area is 118 Å². The minimum Gasteiger partial charge on any atom is -0.352 e. The number of carbonyl (C=O) groups excluding carboxylic acids is 1. The molecule has 0 bridgehead atoms. The fourth-order valence-electron chi connectivity index (χ4n) is 2.10. The monoisotopic (exact) mass is 272 g/mol. The Balaban J connectivity index is 1.91. The third-order valence-electron chi connectivity index (χ3n) is 3.16. The summed E-state index contributed by atoms with van der Waals surface area (Å²) in [5.41, 5.74) is 7.41. The molecule has 5 nitrogen and oxygen atoms in total. The zero-order valence-electron chi connectivity index (χ0n) is 11.5. The number of fused-ring (bicyclic) bond motifs is 1. The molecular formula is C15H20N4O. The van der Waals surface area contributed by atoms with Gasteiger partial charge in [0.25, 0.3) is 5.91 Å². The molecule has 0 aliphatic rings. The van der Waals surface area contributed by atoms with Gasteiger partial charge in [-0.15, -0.1) is 0 Å². The van der Waals surface area contributed by atoms with Gasteiger partial charge in [-0.05, 0) is 31.5 Å². The largest absolute Gasteiger partial charge is 0.352 e. The van der Waals surface area contributed by atoms with E-state index in [0.717, 1.165) is 37.7 Å². The zero-order chi connectivity index (χ0) is 14.2. The molecule has 0 saturated heterocycles. The summed E-state index contributed by atoms with van der Waals surface area (Å²) >= 11 is 0. The molecule has 0 spiro atoms. The van der Waals surface area contributed by atoms with Gasteiger partial charge in [0.15, 0.2) is 0 Å². The average molecular weight is 272 g/mol. The molecular weight excluding hydrogens is 252 g/mol. The Hall–Kier alpha value is -2.01. The number of unbranched alkanes of at least 4 members (excludes halogenated alkanes) is 3. The van der Waals surface area contributed by atoms with Gasteiger partial charge in [-0.25, -0.2) is 0 Å². The second kappa shape index (κ2) is 7.55. The SMILES string of the molecule is NCCCCCCNC(=O)c1cccc2nccnc12. The normalized spacial score (nSPS) is 10.7. The van der Waals surface area contributed by atoms with Gasteiger partial charge in [-0.2, -0.15) is 0 Å². The lowest BCUT2D eigenvalue weighted by molar-refractivity contribution is 0.0954. The average Bonchev–Trinajstić information content (AvgIpc) is 2.50. The van der Waals surface area contributed by atoms with Crippen molar-refractivity contribution in [3.05, 3.63) is 36.2 Å². The number of aromatic nitrogens is 2. The van der Waals surface area contributed by atoms with Crippen molar-refractivity contribution in [1.29, 1.82) is 0 Å².